The number of rotatable bonds is 5. The van der Waals surface area contributed by atoms with Gasteiger partial charge in [-0.1, -0.05) is 13.8 Å². The highest BCUT2D eigenvalue weighted by atomic mass is 32.1. The minimum atomic E-state index is -0.183. The molecule has 6 heteroatoms. The van der Waals surface area contributed by atoms with Crippen molar-refractivity contribution in [1.29, 1.82) is 0 Å². The van der Waals surface area contributed by atoms with Crippen molar-refractivity contribution < 1.29 is 4.79 Å². The zero-order valence-corrected chi connectivity index (χ0v) is 15.7. The number of hydrogen-bond donors (Lipinski definition) is 0. The normalized spacial score (nSPS) is 18.5. The molecule has 2 heterocycles. The summed E-state index contributed by atoms with van der Waals surface area (Å²) in [7, 11) is 1.95. The molecule has 1 aliphatic carbocycles. The number of fused-ring (bicyclic) bond motifs is 1. The molecular formula is C18H26N4OS. The fourth-order valence-corrected chi connectivity index (χ4v) is 4.68. The maximum atomic E-state index is 13.3. The largest absolute Gasteiger partial charge is 0.336 e. The van der Waals surface area contributed by atoms with E-state index in [4.69, 9.17) is 0 Å². The second-order valence-electron chi connectivity index (χ2n) is 7.06. The molecule has 0 radical (unpaired) electrons. The van der Waals surface area contributed by atoms with E-state index in [1.54, 1.807) is 23.9 Å². The fourth-order valence-electron chi connectivity index (χ4n) is 3.53. The Bertz CT molecular complexity index is 692. The third-order valence-electron chi connectivity index (χ3n) is 4.71. The van der Waals surface area contributed by atoms with Crippen LogP contribution in [0.2, 0.25) is 0 Å². The van der Waals surface area contributed by atoms with Crippen LogP contribution in [0.25, 0.3) is 0 Å². The van der Waals surface area contributed by atoms with Crippen molar-refractivity contribution in [1.82, 2.24) is 19.4 Å². The monoisotopic (exact) mass is 346 g/mol. The van der Waals surface area contributed by atoms with Crippen molar-refractivity contribution in [2.75, 3.05) is 7.05 Å². The lowest BCUT2D eigenvalue weighted by Gasteiger charge is -2.34. The van der Waals surface area contributed by atoms with Gasteiger partial charge >= 0.3 is 0 Å². The quantitative estimate of drug-likeness (QED) is 0.828. The molecule has 1 aliphatic rings. The van der Waals surface area contributed by atoms with Crippen LogP contribution < -0.4 is 0 Å². The molecule has 2 unspecified atom stereocenters. The molecule has 2 atom stereocenters. The Kier molecular flexibility index (Phi) is 5.04. The van der Waals surface area contributed by atoms with Crippen LogP contribution in [-0.4, -0.2) is 32.4 Å². The number of hydrogen-bond acceptors (Lipinski definition) is 4. The molecule has 0 fully saturated rings. The maximum absolute atomic E-state index is 13.3. The number of carbonyl (C=O) groups excluding carboxylic acids is 1. The molecule has 2 aromatic rings. The highest BCUT2D eigenvalue weighted by Gasteiger charge is 2.33. The van der Waals surface area contributed by atoms with Crippen LogP contribution in [-0.2, 0) is 11.2 Å². The zero-order chi connectivity index (χ0) is 17.3. The van der Waals surface area contributed by atoms with Crippen LogP contribution >= 0.6 is 11.3 Å². The third kappa shape index (κ3) is 3.38. The molecule has 0 aromatic carbocycles. The third-order valence-corrected chi connectivity index (χ3v) is 5.82. The molecule has 0 bridgehead atoms. The lowest BCUT2D eigenvalue weighted by molar-refractivity contribution is -0.136. The average Bonchev–Trinajstić information content (AvgIpc) is 3.18. The van der Waals surface area contributed by atoms with E-state index in [1.807, 2.05) is 22.7 Å². The van der Waals surface area contributed by atoms with Gasteiger partial charge in [-0.25, -0.2) is 9.97 Å². The average molecular weight is 347 g/mol. The summed E-state index contributed by atoms with van der Waals surface area (Å²) < 4.78 is 1.94. The minimum Gasteiger partial charge on any atom is -0.336 e. The number of aryl methyl sites for hydroxylation is 2. The van der Waals surface area contributed by atoms with Crippen molar-refractivity contribution in [2.24, 2.45) is 5.92 Å². The number of carbonyl (C=O) groups is 1. The molecule has 0 saturated heterocycles. The molecule has 0 saturated carbocycles. The predicted octanol–water partition coefficient (Wildman–Crippen LogP) is 3.77. The van der Waals surface area contributed by atoms with Crippen molar-refractivity contribution in [3.8, 4) is 0 Å². The molecule has 2 aromatic heterocycles. The molecule has 1 amide bonds. The molecule has 5 nitrogen and oxygen atoms in total. The number of thiazole rings is 1. The SMILES string of the molecule is Cc1nc2c(s1)C(N(C)C(=O)C(CC(C)C)n1ccnc1)CCC2. The topological polar surface area (TPSA) is 51.0 Å². The summed E-state index contributed by atoms with van der Waals surface area (Å²) in [5.41, 5.74) is 1.19. The van der Waals surface area contributed by atoms with Crippen molar-refractivity contribution in [3.05, 3.63) is 34.3 Å². The first-order valence-corrected chi connectivity index (χ1v) is 9.49. The first-order valence-electron chi connectivity index (χ1n) is 8.67. The number of nitrogens with zero attached hydrogens (tertiary/aromatic N) is 4. The number of imidazole rings is 1. The van der Waals surface area contributed by atoms with E-state index < -0.39 is 0 Å². The maximum Gasteiger partial charge on any atom is 0.245 e. The van der Waals surface area contributed by atoms with Crippen LogP contribution in [0.5, 0.6) is 0 Å². The van der Waals surface area contributed by atoms with Crippen LogP contribution in [0.1, 0.15) is 60.8 Å². The standard InChI is InChI=1S/C18H26N4OS/c1-12(2)10-16(22-9-8-19-11-22)18(23)21(4)15-7-5-6-14-17(15)24-13(3)20-14/h8-9,11-12,15-16H,5-7,10H2,1-4H3. The fraction of sp³-hybridized carbons (Fsp3) is 0.611. The van der Waals surface area contributed by atoms with Gasteiger partial charge < -0.3 is 9.47 Å². The Morgan fingerprint density at radius 3 is 2.96 bits per heavy atom. The Morgan fingerprint density at radius 1 is 1.50 bits per heavy atom. The van der Waals surface area contributed by atoms with Crippen LogP contribution in [0.15, 0.2) is 18.7 Å². The van der Waals surface area contributed by atoms with E-state index in [0.717, 1.165) is 30.7 Å². The van der Waals surface area contributed by atoms with Crippen LogP contribution in [0.3, 0.4) is 0 Å². The van der Waals surface area contributed by atoms with Gasteiger partial charge in [-0.15, -0.1) is 11.3 Å². The molecule has 0 aliphatic heterocycles. The molecule has 130 valence electrons. The Morgan fingerprint density at radius 2 is 2.29 bits per heavy atom. The van der Waals surface area contributed by atoms with Gasteiger partial charge in [-0.2, -0.15) is 0 Å². The Balaban J connectivity index is 1.85. The summed E-state index contributed by atoms with van der Waals surface area (Å²) >= 11 is 1.74. The summed E-state index contributed by atoms with van der Waals surface area (Å²) in [5, 5.41) is 1.10. The van der Waals surface area contributed by atoms with Gasteiger partial charge in [0.1, 0.15) is 6.04 Å². The lowest BCUT2D eigenvalue weighted by Crippen LogP contribution is -2.38. The summed E-state index contributed by atoms with van der Waals surface area (Å²) in [5.74, 6) is 0.618. The van der Waals surface area contributed by atoms with E-state index in [0.29, 0.717) is 5.92 Å². The Labute approximate surface area is 147 Å². The van der Waals surface area contributed by atoms with E-state index in [-0.39, 0.29) is 18.0 Å². The van der Waals surface area contributed by atoms with Crippen molar-refractivity contribution >= 4 is 17.2 Å². The van der Waals surface area contributed by atoms with Gasteiger partial charge in [0.25, 0.3) is 0 Å². The van der Waals surface area contributed by atoms with Gasteiger partial charge in [0.2, 0.25) is 5.91 Å². The van der Waals surface area contributed by atoms with E-state index >= 15 is 0 Å². The van der Waals surface area contributed by atoms with Gasteiger partial charge in [-0.3, -0.25) is 4.79 Å². The highest BCUT2D eigenvalue weighted by molar-refractivity contribution is 7.11. The second-order valence-corrected chi connectivity index (χ2v) is 8.29. The van der Waals surface area contributed by atoms with Gasteiger partial charge in [-0.05, 0) is 38.5 Å². The molecular weight excluding hydrogens is 320 g/mol. The lowest BCUT2D eigenvalue weighted by atomic mass is 9.95. The predicted molar refractivity (Wildman–Crippen MR) is 96.0 cm³/mol. The van der Waals surface area contributed by atoms with Gasteiger partial charge in [0, 0.05) is 19.4 Å². The molecule has 0 spiro atoms. The minimum absolute atomic E-state index is 0.158. The van der Waals surface area contributed by atoms with Crippen molar-refractivity contribution in [3.63, 3.8) is 0 Å². The summed E-state index contributed by atoms with van der Waals surface area (Å²) in [6.07, 6.45) is 9.36. The van der Waals surface area contributed by atoms with E-state index in [9.17, 15) is 4.79 Å². The Hall–Kier alpha value is -1.69. The first-order chi connectivity index (χ1) is 11.5. The molecule has 3 rings (SSSR count). The first kappa shape index (κ1) is 17.1. The van der Waals surface area contributed by atoms with Gasteiger partial charge in [0.05, 0.1) is 27.9 Å². The number of amides is 1. The molecule has 24 heavy (non-hydrogen) atoms. The highest BCUT2D eigenvalue weighted by Crippen LogP contribution is 2.38. The van der Waals surface area contributed by atoms with Gasteiger partial charge in [0.15, 0.2) is 0 Å². The second kappa shape index (κ2) is 7.05. The van der Waals surface area contributed by atoms with E-state index in [1.165, 1.54) is 10.6 Å². The summed E-state index contributed by atoms with van der Waals surface area (Å²) in [6.45, 7) is 6.36. The van der Waals surface area contributed by atoms with Crippen LogP contribution in [0, 0.1) is 12.8 Å². The zero-order valence-electron chi connectivity index (χ0n) is 14.9. The molecule has 0 N–H and O–H groups in total. The summed E-state index contributed by atoms with van der Waals surface area (Å²) in [4.78, 5) is 25.3. The van der Waals surface area contributed by atoms with Crippen LogP contribution in [0.4, 0.5) is 0 Å². The van der Waals surface area contributed by atoms with Crippen molar-refractivity contribution in [2.45, 2.75) is 58.5 Å². The van der Waals surface area contributed by atoms with E-state index in [2.05, 4.69) is 30.7 Å². The number of aromatic nitrogens is 3. The summed E-state index contributed by atoms with van der Waals surface area (Å²) in [6, 6.07) is -0.0254. The smallest absolute Gasteiger partial charge is 0.245 e. The number of likely N-dealkylation sites (N-methyl/N-ethyl adjacent to an activating group) is 1.